The summed E-state index contributed by atoms with van der Waals surface area (Å²) >= 11 is -5.86. The summed E-state index contributed by atoms with van der Waals surface area (Å²) in [5.74, 6) is 0. The van der Waals surface area contributed by atoms with Crippen LogP contribution in [-0.2, 0) is 26.2 Å². The third kappa shape index (κ3) is 17.8. The van der Waals surface area contributed by atoms with Gasteiger partial charge in [0.2, 0.25) is 0 Å². The first kappa shape index (κ1) is 11.0. The Labute approximate surface area is 68.1 Å². The van der Waals surface area contributed by atoms with E-state index < -0.39 is 15.8 Å². The molecule has 11 heavy (non-hydrogen) atoms. The van der Waals surface area contributed by atoms with E-state index in [2.05, 4.69) is 5.32 Å². The second-order valence-electron chi connectivity index (χ2n) is 2.21. The minimum absolute atomic E-state index is 1.25. The van der Waals surface area contributed by atoms with E-state index in [4.69, 9.17) is 14.2 Å². The Morgan fingerprint density at radius 3 is 1.45 bits per heavy atom. The van der Waals surface area contributed by atoms with Gasteiger partial charge in [0.25, 0.3) is 0 Å². The molecule has 1 rings (SSSR count). The van der Waals surface area contributed by atoms with Crippen molar-refractivity contribution in [3.63, 3.8) is 0 Å². The van der Waals surface area contributed by atoms with Gasteiger partial charge < -0.3 is 5.32 Å². The van der Waals surface area contributed by atoms with Crippen molar-refractivity contribution in [1.29, 1.82) is 0 Å². The molecule has 1 heterocycles. The fourth-order valence-electron chi connectivity index (χ4n) is 0.802. The number of nitrogens with one attached hydrogen (secondary N) is 1. The van der Waals surface area contributed by atoms with Crippen molar-refractivity contribution < 1.29 is 30.0 Å². The quantitative estimate of drug-likeness (QED) is 0.642. The monoisotopic (exact) mass is 337 g/mol. The molecule has 0 saturated carbocycles. The molecular weight excluding hydrogens is 324 g/mol. The van der Waals surface area contributed by atoms with Crippen LogP contribution in [0.1, 0.15) is 19.3 Å². The first-order valence-electron chi connectivity index (χ1n) is 3.34. The zero-order valence-electron chi connectivity index (χ0n) is 6.09. The molecule has 2 N–H and O–H groups in total. The summed E-state index contributed by atoms with van der Waals surface area (Å²) in [5.41, 5.74) is 0. The van der Waals surface area contributed by atoms with Gasteiger partial charge in [0.05, 0.1) is 0 Å². The number of hydrogen-bond acceptors (Lipinski definition) is 4. The zero-order chi connectivity index (χ0) is 8.74. The Bertz CT molecular complexity index is 196. The fourth-order valence-corrected chi connectivity index (χ4v) is 0.802. The maximum atomic E-state index is 8.75. The third-order valence-electron chi connectivity index (χ3n) is 1.21. The Morgan fingerprint density at radius 1 is 1.00 bits per heavy atom. The second kappa shape index (κ2) is 5.61. The molecule has 0 spiro atoms. The second-order valence-corrected chi connectivity index (χ2v) is 5.05. The Kier molecular flexibility index (Phi) is 5.60. The van der Waals surface area contributed by atoms with Gasteiger partial charge in [0, 0.05) is 0 Å². The Hall–Kier alpha value is -0.0177. The van der Waals surface area contributed by atoms with E-state index >= 15 is 0 Å². The van der Waals surface area contributed by atoms with Crippen molar-refractivity contribution >= 4 is 0 Å². The van der Waals surface area contributed by atoms with Gasteiger partial charge in [-0.3, -0.25) is 0 Å². The molecule has 1 aliphatic heterocycles. The molecule has 0 amide bonds. The Morgan fingerprint density at radius 2 is 1.36 bits per heavy atom. The van der Waals surface area contributed by atoms with Crippen molar-refractivity contribution in [2.75, 3.05) is 13.1 Å². The van der Waals surface area contributed by atoms with Gasteiger partial charge in [-0.2, -0.15) is 0 Å². The summed E-state index contributed by atoms with van der Waals surface area (Å²) in [5, 5.41) is 3.28. The van der Waals surface area contributed by atoms with E-state index in [-0.39, 0.29) is 0 Å². The van der Waals surface area contributed by atoms with Crippen molar-refractivity contribution in [3.8, 4) is 0 Å². The van der Waals surface area contributed by atoms with Crippen molar-refractivity contribution in [3.05, 3.63) is 0 Å². The van der Waals surface area contributed by atoms with Gasteiger partial charge in [-0.1, -0.05) is 6.42 Å². The maximum absolute atomic E-state index is 8.75. The molecule has 1 fully saturated rings. The van der Waals surface area contributed by atoms with Gasteiger partial charge in [0.15, 0.2) is 0 Å². The van der Waals surface area contributed by atoms with Crippen molar-refractivity contribution in [2.45, 2.75) is 19.3 Å². The predicted octanol–water partition coefficient (Wildman–Crippen LogP) is -0.156. The minimum atomic E-state index is -5.86. The molecule has 1 aliphatic rings. The Balaban J connectivity index is 0.000000187. The van der Waals surface area contributed by atoms with Crippen molar-refractivity contribution in [2.24, 2.45) is 0 Å². The van der Waals surface area contributed by atoms with Crippen molar-refractivity contribution in [1.82, 2.24) is 5.32 Å². The first-order valence-corrected chi connectivity index (χ1v) is 7.88. The molecule has 5 nitrogen and oxygen atoms in total. The van der Waals surface area contributed by atoms with Crippen LogP contribution in [-0.4, -0.2) is 16.9 Å². The summed E-state index contributed by atoms with van der Waals surface area (Å²) in [6, 6.07) is 0. The van der Waals surface area contributed by atoms with Crippen LogP contribution in [0.15, 0.2) is 0 Å². The van der Waals surface area contributed by atoms with E-state index in [1.54, 1.807) is 0 Å². The average molecular weight is 336 g/mol. The van der Waals surface area contributed by atoms with Crippen LogP contribution in [0.3, 0.4) is 0 Å². The van der Waals surface area contributed by atoms with Crippen LogP contribution in [0.25, 0.3) is 0 Å². The molecular formula is C5H12NO4Re. The summed E-state index contributed by atoms with van der Waals surface area (Å²) in [6.07, 6.45) is 4.22. The van der Waals surface area contributed by atoms with Crippen LogP contribution >= 0.6 is 0 Å². The normalized spacial score (nSPS) is 18.3. The summed E-state index contributed by atoms with van der Waals surface area (Å²) in [4.78, 5) is 0. The number of piperidine rings is 1. The summed E-state index contributed by atoms with van der Waals surface area (Å²) in [7, 11) is 0. The number of rotatable bonds is 0. The molecule has 6 heteroatoms. The van der Waals surface area contributed by atoms with E-state index in [1.165, 1.54) is 32.4 Å². The molecule has 0 aromatic heterocycles. The summed E-state index contributed by atoms with van der Waals surface area (Å²) < 4.78 is 33.3. The van der Waals surface area contributed by atoms with Gasteiger partial charge in [-0.25, -0.2) is 0 Å². The van der Waals surface area contributed by atoms with Crippen LogP contribution in [0.4, 0.5) is 0 Å². The predicted molar refractivity (Wildman–Crippen MR) is 31.0 cm³/mol. The van der Waals surface area contributed by atoms with Crippen LogP contribution in [0.5, 0.6) is 0 Å². The first-order chi connectivity index (χ1) is 5.00. The average Bonchev–Trinajstić information content (AvgIpc) is 1.88. The molecule has 0 aromatic rings. The van der Waals surface area contributed by atoms with Gasteiger partial charge in [0.1, 0.15) is 0 Å². The molecule has 0 bridgehead atoms. The van der Waals surface area contributed by atoms with Gasteiger partial charge in [-0.15, -0.1) is 0 Å². The molecule has 1 saturated heterocycles. The van der Waals surface area contributed by atoms with E-state index in [1.807, 2.05) is 0 Å². The molecule has 0 unspecified atom stereocenters. The molecule has 68 valence electrons. The van der Waals surface area contributed by atoms with E-state index in [0.717, 1.165) is 0 Å². The third-order valence-corrected chi connectivity index (χ3v) is 1.21. The van der Waals surface area contributed by atoms with E-state index in [9.17, 15) is 0 Å². The van der Waals surface area contributed by atoms with E-state index in [0.29, 0.717) is 0 Å². The van der Waals surface area contributed by atoms with Gasteiger partial charge in [-0.05, 0) is 25.9 Å². The molecule has 0 aliphatic carbocycles. The summed E-state index contributed by atoms with van der Waals surface area (Å²) in [6.45, 7) is 2.50. The zero-order valence-corrected chi connectivity index (χ0v) is 8.80. The van der Waals surface area contributed by atoms with Crippen LogP contribution < -0.4 is 5.32 Å². The van der Waals surface area contributed by atoms with Crippen LogP contribution in [0, 0.1) is 0 Å². The SMILES string of the molecule is C1CCNCC1.[O]=[Re](=[O])(=[O])[OH]. The fraction of sp³-hybridized carbons (Fsp3) is 1.00. The molecule has 0 atom stereocenters. The molecule has 0 aromatic carbocycles. The number of hydrogen-bond donors (Lipinski definition) is 2. The standard InChI is InChI=1S/C5H11N.H2O.3O.Re/c1-2-4-6-5-3-1;;;;;/h6H,1-5H2;1H2;;;;/q;;;;;+1/p-1. The van der Waals surface area contributed by atoms with Gasteiger partial charge >= 0.3 is 30.0 Å². The topological polar surface area (TPSA) is 83.5 Å². The van der Waals surface area contributed by atoms with Crippen LogP contribution in [0.2, 0.25) is 0 Å². The molecule has 0 radical (unpaired) electrons.